The Morgan fingerprint density at radius 1 is 1.56 bits per heavy atom. The molecule has 1 heterocycles. The first kappa shape index (κ1) is 14.6. The van der Waals surface area contributed by atoms with E-state index in [0.29, 0.717) is 6.54 Å². The van der Waals surface area contributed by atoms with Crippen molar-refractivity contribution in [3.63, 3.8) is 0 Å². The van der Waals surface area contributed by atoms with Crippen LogP contribution in [-0.2, 0) is 21.5 Å². The number of rotatable bonds is 8. The fourth-order valence-electron chi connectivity index (χ4n) is 1.21. The molecule has 1 aromatic rings. The highest BCUT2D eigenvalue weighted by Crippen LogP contribution is 1.96. The molecule has 0 unspecified atom stereocenters. The van der Waals surface area contributed by atoms with Gasteiger partial charge in [0.25, 0.3) is 10.2 Å². The van der Waals surface area contributed by atoms with Crippen molar-refractivity contribution in [1.29, 1.82) is 0 Å². The molecule has 0 spiro atoms. The van der Waals surface area contributed by atoms with E-state index in [1.807, 2.05) is 0 Å². The molecule has 0 radical (unpaired) electrons. The molecule has 18 heavy (non-hydrogen) atoms. The van der Waals surface area contributed by atoms with Gasteiger partial charge in [0, 0.05) is 39.1 Å². The summed E-state index contributed by atoms with van der Waals surface area (Å²) in [5.41, 5.74) is 0. The van der Waals surface area contributed by atoms with E-state index in [1.165, 1.54) is 7.05 Å². The van der Waals surface area contributed by atoms with Crippen molar-refractivity contribution in [3.05, 3.63) is 18.7 Å². The lowest BCUT2D eigenvalue weighted by Gasteiger charge is -2.16. The van der Waals surface area contributed by atoms with Crippen molar-refractivity contribution in [1.82, 2.24) is 18.6 Å². The lowest BCUT2D eigenvalue weighted by atomic mass is 10.4. The lowest BCUT2D eigenvalue weighted by Crippen LogP contribution is -2.40. The predicted octanol–water partition coefficient (Wildman–Crippen LogP) is -0.876. The number of carboxylic acid groups (broad SMARTS) is 1. The van der Waals surface area contributed by atoms with Gasteiger partial charge in [0.1, 0.15) is 0 Å². The molecule has 102 valence electrons. The molecule has 0 amide bonds. The second-order valence-electron chi connectivity index (χ2n) is 3.67. The molecule has 1 aromatic heterocycles. The fraction of sp³-hybridized carbons (Fsp3) is 0.556. The van der Waals surface area contributed by atoms with Gasteiger partial charge in [0.05, 0.1) is 12.7 Å². The Bertz CT molecular complexity index is 471. The SMILES string of the molecule is CN(CCC(=O)O)S(=O)(=O)NCCn1ccnc1. The molecule has 0 aromatic carbocycles. The molecule has 0 aliphatic carbocycles. The zero-order valence-corrected chi connectivity index (χ0v) is 10.8. The third-order valence-electron chi connectivity index (χ3n) is 2.26. The van der Waals surface area contributed by atoms with E-state index in [-0.39, 0.29) is 19.5 Å². The smallest absolute Gasteiger partial charge is 0.304 e. The van der Waals surface area contributed by atoms with Crippen LogP contribution in [-0.4, -0.2) is 53.5 Å². The third kappa shape index (κ3) is 4.82. The number of nitrogens with zero attached hydrogens (tertiary/aromatic N) is 3. The maximum Gasteiger partial charge on any atom is 0.304 e. The van der Waals surface area contributed by atoms with Gasteiger partial charge in [0.2, 0.25) is 0 Å². The highest BCUT2D eigenvalue weighted by molar-refractivity contribution is 7.87. The summed E-state index contributed by atoms with van der Waals surface area (Å²) in [6.07, 6.45) is 4.69. The van der Waals surface area contributed by atoms with Crippen LogP contribution in [0, 0.1) is 0 Å². The van der Waals surface area contributed by atoms with Crippen LogP contribution in [0.1, 0.15) is 6.42 Å². The number of imidazole rings is 1. The summed E-state index contributed by atoms with van der Waals surface area (Å²) in [5, 5.41) is 8.48. The Morgan fingerprint density at radius 2 is 2.28 bits per heavy atom. The predicted molar refractivity (Wildman–Crippen MR) is 64.0 cm³/mol. The van der Waals surface area contributed by atoms with E-state index in [1.54, 1.807) is 23.3 Å². The van der Waals surface area contributed by atoms with Crippen LogP contribution >= 0.6 is 0 Å². The van der Waals surface area contributed by atoms with Crippen molar-refractivity contribution in [3.8, 4) is 0 Å². The first-order chi connectivity index (χ1) is 8.42. The monoisotopic (exact) mass is 276 g/mol. The van der Waals surface area contributed by atoms with Gasteiger partial charge in [-0.1, -0.05) is 0 Å². The molecular weight excluding hydrogens is 260 g/mol. The maximum atomic E-state index is 11.7. The van der Waals surface area contributed by atoms with Gasteiger partial charge >= 0.3 is 5.97 Å². The summed E-state index contributed by atoms with van der Waals surface area (Å²) in [5.74, 6) is -1.03. The van der Waals surface area contributed by atoms with Crippen molar-refractivity contribution < 1.29 is 18.3 Å². The minimum absolute atomic E-state index is 0.0598. The summed E-state index contributed by atoms with van der Waals surface area (Å²) in [7, 11) is -2.29. The molecule has 0 saturated heterocycles. The van der Waals surface area contributed by atoms with Crippen molar-refractivity contribution >= 4 is 16.2 Å². The topological polar surface area (TPSA) is 105 Å². The molecule has 0 aliphatic rings. The zero-order chi connectivity index (χ0) is 13.6. The summed E-state index contributed by atoms with van der Waals surface area (Å²) in [6.45, 7) is 0.623. The van der Waals surface area contributed by atoms with Gasteiger partial charge in [-0.3, -0.25) is 4.79 Å². The minimum Gasteiger partial charge on any atom is -0.481 e. The van der Waals surface area contributed by atoms with Crippen LogP contribution in [0.4, 0.5) is 0 Å². The van der Waals surface area contributed by atoms with Crippen LogP contribution in [0.5, 0.6) is 0 Å². The normalized spacial score (nSPS) is 11.9. The number of aliphatic carboxylic acids is 1. The van der Waals surface area contributed by atoms with Gasteiger partial charge in [-0.05, 0) is 0 Å². The number of hydrogen-bond acceptors (Lipinski definition) is 4. The van der Waals surface area contributed by atoms with Crippen molar-refractivity contribution in [2.45, 2.75) is 13.0 Å². The van der Waals surface area contributed by atoms with E-state index in [9.17, 15) is 13.2 Å². The van der Waals surface area contributed by atoms with E-state index in [4.69, 9.17) is 5.11 Å². The zero-order valence-electron chi connectivity index (χ0n) is 9.98. The van der Waals surface area contributed by atoms with Gasteiger partial charge in [0.15, 0.2) is 0 Å². The Kier molecular flexibility index (Phi) is 5.25. The van der Waals surface area contributed by atoms with E-state index >= 15 is 0 Å². The summed E-state index contributed by atoms with van der Waals surface area (Å²) < 4.78 is 28.4. The summed E-state index contributed by atoms with van der Waals surface area (Å²) in [6, 6.07) is 0. The van der Waals surface area contributed by atoms with Gasteiger partial charge < -0.3 is 9.67 Å². The molecule has 0 fully saturated rings. The van der Waals surface area contributed by atoms with E-state index in [0.717, 1.165) is 4.31 Å². The third-order valence-corrected chi connectivity index (χ3v) is 3.84. The molecular formula is C9H16N4O4S. The fourth-order valence-corrected chi connectivity index (χ4v) is 2.11. The Balaban J connectivity index is 2.36. The van der Waals surface area contributed by atoms with E-state index in [2.05, 4.69) is 9.71 Å². The Hall–Kier alpha value is -1.45. The molecule has 0 bridgehead atoms. The second-order valence-corrected chi connectivity index (χ2v) is 5.53. The Labute approximate surface area is 105 Å². The average molecular weight is 276 g/mol. The number of hydrogen-bond donors (Lipinski definition) is 2. The highest BCUT2D eigenvalue weighted by Gasteiger charge is 2.17. The van der Waals surface area contributed by atoms with Crippen LogP contribution in [0.25, 0.3) is 0 Å². The molecule has 0 saturated carbocycles. The largest absolute Gasteiger partial charge is 0.481 e. The molecule has 8 nitrogen and oxygen atoms in total. The van der Waals surface area contributed by atoms with Crippen molar-refractivity contribution in [2.24, 2.45) is 0 Å². The lowest BCUT2D eigenvalue weighted by molar-refractivity contribution is -0.137. The molecule has 0 atom stereocenters. The molecule has 2 N–H and O–H groups in total. The number of nitrogens with one attached hydrogen (secondary N) is 1. The van der Waals surface area contributed by atoms with Crippen LogP contribution in [0.2, 0.25) is 0 Å². The first-order valence-electron chi connectivity index (χ1n) is 5.30. The number of carbonyl (C=O) groups is 1. The van der Waals surface area contributed by atoms with E-state index < -0.39 is 16.2 Å². The van der Waals surface area contributed by atoms with Gasteiger partial charge in [-0.15, -0.1) is 0 Å². The van der Waals surface area contributed by atoms with Crippen LogP contribution in [0.3, 0.4) is 0 Å². The summed E-state index contributed by atoms with van der Waals surface area (Å²) in [4.78, 5) is 14.2. The highest BCUT2D eigenvalue weighted by atomic mass is 32.2. The van der Waals surface area contributed by atoms with Gasteiger partial charge in [-0.25, -0.2) is 9.71 Å². The quantitative estimate of drug-likeness (QED) is 0.642. The van der Waals surface area contributed by atoms with Gasteiger partial charge in [-0.2, -0.15) is 12.7 Å². The summed E-state index contributed by atoms with van der Waals surface area (Å²) >= 11 is 0. The van der Waals surface area contributed by atoms with Crippen LogP contribution < -0.4 is 4.72 Å². The molecule has 0 aliphatic heterocycles. The minimum atomic E-state index is -3.62. The average Bonchev–Trinajstić information content (AvgIpc) is 2.78. The number of carboxylic acids is 1. The first-order valence-corrected chi connectivity index (χ1v) is 6.74. The van der Waals surface area contributed by atoms with Crippen molar-refractivity contribution in [2.75, 3.05) is 20.1 Å². The second kappa shape index (κ2) is 6.47. The molecule has 1 rings (SSSR count). The molecule has 9 heteroatoms. The number of aromatic nitrogens is 2. The van der Waals surface area contributed by atoms with Crippen LogP contribution in [0.15, 0.2) is 18.7 Å². The maximum absolute atomic E-state index is 11.7. The Morgan fingerprint density at radius 3 is 2.83 bits per heavy atom. The standard InChI is InChI=1S/C9H16N4O4S/c1-12(5-2-9(14)15)18(16,17)11-4-7-13-6-3-10-8-13/h3,6,8,11H,2,4-5,7H2,1H3,(H,14,15).